The molecular weight excluding hydrogens is 540 g/mol. The molecule has 4 rings (SSSR count). The molecule has 0 aromatic heterocycles. The molecule has 0 radical (unpaired) electrons. The van der Waals surface area contributed by atoms with Crippen LogP contribution in [0.4, 0.5) is 0 Å². The molecule has 2 aliphatic heterocycles. The van der Waals surface area contributed by atoms with Crippen molar-refractivity contribution in [2.45, 2.75) is 122 Å². The molecular formula is C34H51ClO6. The van der Waals surface area contributed by atoms with E-state index in [1.165, 1.54) is 0 Å². The summed E-state index contributed by atoms with van der Waals surface area (Å²) in [6.45, 7) is 12.1. The second kappa shape index (κ2) is 16.6. The topological polar surface area (TPSA) is 55.4 Å². The van der Waals surface area contributed by atoms with Gasteiger partial charge in [0.2, 0.25) is 5.79 Å². The van der Waals surface area contributed by atoms with E-state index in [0.29, 0.717) is 45.5 Å². The molecule has 0 bridgehead atoms. The maximum Gasteiger partial charge on any atom is 0.226 e. The van der Waals surface area contributed by atoms with Crippen LogP contribution in [0.15, 0.2) is 30.3 Å². The number of alkyl halides is 1. The minimum absolute atomic E-state index is 0.335. The molecule has 1 fully saturated rings. The van der Waals surface area contributed by atoms with Gasteiger partial charge in [-0.3, -0.25) is 0 Å². The molecule has 2 aromatic carbocycles. The van der Waals surface area contributed by atoms with Crippen LogP contribution in [0.2, 0.25) is 0 Å². The normalized spacial score (nSPS) is 25.8. The monoisotopic (exact) mass is 590 g/mol. The van der Waals surface area contributed by atoms with Crippen LogP contribution in [0.25, 0.3) is 10.8 Å². The molecule has 2 aliphatic rings. The van der Waals surface area contributed by atoms with Crippen molar-refractivity contribution in [2.75, 3.05) is 33.0 Å². The smallest absolute Gasteiger partial charge is 0.226 e. The van der Waals surface area contributed by atoms with Crippen molar-refractivity contribution in [1.82, 2.24) is 0 Å². The summed E-state index contributed by atoms with van der Waals surface area (Å²) in [6.07, 6.45) is 6.49. The van der Waals surface area contributed by atoms with E-state index in [1.807, 2.05) is 0 Å². The van der Waals surface area contributed by atoms with Crippen molar-refractivity contribution in [2.24, 2.45) is 0 Å². The SMILES string of the molecule is CCCCOC[C@H]1O[C@]2(OCc3c2cc(CCl)c2ccccc32)[C@H](OCCCC)[C@@H](OCCCC)[C@@H]1OCCCC. The molecule has 0 N–H and O–H groups in total. The molecule has 1 spiro atoms. The quantitative estimate of drug-likeness (QED) is 0.129. The average molecular weight is 591 g/mol. The standard InChI is InChI=1S/C34H51ClO6/c1-5-9-17-36-24-30-31(37-18-10-6-2)32(38-19-11-7-3)33(39-20-12-8-4)34(41-30)29-21-25(22-35)26-15-13-14-16-27(26)28(29)23-40-34/h13-16,21,30-33H,5-12,17-20,22-24H2,1-4H3/t30-,31-,32+,33-,34+/m1/s1. The summed E-state index contributed by atoms with van der Waals surface area (Å²) in [4.78, 5) is 0. The molecule has 1 saturated heterocycles. The minimum atomic E-state index is -1.14. The van der Waals surface area contributed by atoms with Gasteiger partial charge in [-0.1, -0.05) is 77.6 Å². The largest absolute Gasteiger partial charge is 0.379 e. The van der Waals surface area contributed by atoms with Crippen LogP contribution in [0.3, 0.4) is 0 Å². The lowest BCUT2D eigenvalue weighted by Gasteiger charge is -2.51. The van der Waals surface area contributed by atoms with E-state index in [1.54, 1.807) is 0 Å². The van der Waals surface area contributed by atoms with Gasteiger partial charge in [-0.2, -0.15) is 0 Å². The molecule has 6 nitrogen and oxygen atoms in total. The Labute approximate surface area is 252 Å². The summed E-state index contributed by atoms with van der Waals surface area (Å²) < 4.78 is 40.1. The van der Waals surface area contributed by atoms with Gasteiger partial charge in [0.15, 0.2) is 0 Å². The molecule has 230 valence electrons. The van der Waals surface area contributed by atoms with E-state index in [4.69, 9.17) is 40.0 Å². The van der Waals surface area contributed by atoms with Crippen molar-refractivity contribution in [1.29, 1.82) is 0 Å². The molecule has 0 amide bonds. The lowest BCUT2D eigenvalue weighted by Crippen LogP contribution is -2.66. The summed E-state index contributed by atoms with van der Waals surface area (Å²) in [5, 5.41) is 2.30. The number of rotatable bonds is 18. The average Bonchev–Trinajstić information content (AvgIpc) is 3.36. The van der Waals surface area contributed by atoms with Crippen molar-refractivity contribution >= 4 is 22.4 Å². The summed E-state index contributed by atoms with van der Waals surface area (Å²) in [6, 6.07) is 10.6. The van der Waals surface area contributed by atoms with E-state index >= 15 is 0 Å². The third-order valence-corrected chi connectivity index (χ3v) is 8.51. The Morgan fingerprint density at radius 2 is 1.41 bits per heavy atom. The van der Waals surface area contributed by atoms with Crippen LogP contribution in [0.5, 0.6) is 0 Å². The van der Waals surface area contributed by atoms with Crippen molar-refractivity contribution in [3.8, 4) is 0 Å². The molecule has 7 heteroatoms. The van der Waals surface area contributed by atoms with Gasteiger partial charge in [-0.05, 0) is 53.6 Å². The number of halogens is 1. The Kier molecular flexibility index (Phi) is 13.2. The number of hydrogen-bond donors (Lipinski definition) is 0. The zero-order chi connectivity index (χ0) is 29.1. The van der Waals surface area contributed by atoms with Crippen LogP contribution < -0.4 is 0 Å². The molecule has 2 aromatic rings. The van der Waals surface area contributed by atoms with Crippen LogP contribution >= 0.6 is 11.6 Å². The maximum atomic E-state index is 7.09. The Hall–Kier alpha value is -1.25. The molecule has 0 unspecified atom stereocenters. The minimum Gasteiger partial charge on any atom is -0.379 e. The highest BCUT2D eigenvalue weighted by Gasteiger charge is 2.61. The highest BCUT2D eigenvalue weighted by atomic mass is 35.5. The Morgan fingerprint density at radius 3 is 2.07 bits per heavy atom. The fourth-order valence-corrected chi connectivity index (χ4v) is 6.10. The Bertz CT molecular complexity index is 1060. The van der Waals surface area contributed by atoms with Gasteiger partial charge in [0.05, 0.1) is 13.2 Å². The number of unbranched alkanes of at least 4 members (excludes halogenated alkanes) is 4. The number of benzene rings is 2. The fraction of sp³-hybridized carbons (Fsp3) is 0.706. The predicted molar refractivity (Wildman–Crippen MR) is 165 cm³/mol. The summed E-state index contributed by atoms with van der Waals surface area (Å²) >= 11 is 6.53. The van der Waals surface area contributed by atoms with Gasteiger partial charge in [-0.25, -0.2) is 0 Å². The van der Waals surface area contributed by atoms with Gasteiger partial charge in [0, 0.05) is 37.9 Å². The lowest BCUT2D eigenvalue weighted by molar-refractivity contribution is -0.384. The third-order valence-electron chi connectivity index (χ3n) is 8.22. The maximum absolute atomic E-state index is 7.09. The van der Waals surface area contributed by atoms with Gasteiger partial charge in [-0.15, -0.1) is 11.6 Å². The van der Waals surface area contributed by atoms with E-state index in [-0.39, 0.29) is 18.3 Å². The first kappa shape index (κ1) is 32.7. The number of hydrogen-bond acceptors (Lipinski definition) is 6. The van der Waals surface area contributed by atoms with Crippen molar-refractivity contribution in [3.63, 3.8) is 0 Å². The fourth-order valence-electron chi connectivity index (χ4n) is 5.88. The predicted octanol–water partition coefficient (Wildman–Crippen LogP) is 8.03. The van der Waals surface area contributed by atoms with Crippen LogP contribution in [-0.2, 0) is 46.7 Å². The first-order chi connectivity index (χ1) is 20.1. The molecule has 5 atom stereocenters. The first-order valence-electron chi connectivity index (χ1n) is 16.0. The Balaban J connectivity index is 1.81. The highest BCUT2D eigenvalue weighted by molar-refractivity contribution is 6.18. The van der Waals surface area contributed by atoms with Crippen molar-refractivity contribution < 1.29 is 28.4 Å². The molecule has 41 heavy (non-hydrogen) atoms. The molecule has 0 saturated carbocycles. The van der Waals surface area contributed by atoms with Gasteiger partial charge in [0.1, 0.15) is 24.4 Å². The second-order valence-corrected chi connectivity index (χ2v) is 11.6. The van der Waals surface area contributed by atoms with Crippen LogP contribution in [0.1, 0.15) is 95.8 Å². The van der Waals surface area contributed by atoms with Gasteiger partial charge >= 0.3 is 0 Å². The van der Waals surface area contributed by atoms with E-state index in [9.17, 15) is 0 Å². The summed E-state index contributed by atoms with van der Waals surface area (Å²) in [7, 11) is 0. The van der Waals surface area contributed by atoms with Crippen LogP contribution in [0, 0.1) is 0 Å². The number of fused-ring (bicyclic) bond motifs is 4. The van der Waals surface area contributed by atoms with Crippen molar-refractivity contribution in [3.05, 3.63) is 47.0 Å². The zero-order valence-corrected chi connectivity index (χ0v) is 26.4. The van der Waals surface area contributed by atoms with E-state index in [0.717, 1.165) is 78.8 Å². The molecule has 0 aliphatic carbocycles. The third kappa shape index (κ3) is 7.46. The van der Waals surface area contributed by atoms with Crippen LogP contribution in [-0.4, -0.2) is 57.5 Å². The van der Waals surface area contributed by atoms with Gasteiger partial charge in [0.25, 0.3) is 0 Å². The van der Waals surface area contributed by atoms with E-state index in [2.05, 4.69) is 58.0 Å². The number of ether oxygens (including phenoxy) is 6. The highest BCUT2D eigenvalue weighted by Crippen LogP contribution is 2.50. The zero-order valence-electron chi connectivity index (χ0n) is 25.6. The lowest BCUT2D eigenvalue weighted by atomic mass is 9.84. The summed E-state index contributed by atoms with van der Waals surface area (Å²) in [5.74, 6) is -0.748. The van der Waals surface area contributed by atoms with Gasteiger partial charge < -0.3 is 28.4 Å². The molecule has 2 heterocycles. The summed E-state index contributed by atoms with van der Waals surface area (Å²) in [5.41, 5.74) is 3.17. The Morgan fingerprint density at radius 1 is 0.805 bits per heavy atom. The first-order valence-corrected chi connectivity index (χ1v) is 16.5. The second-order valence-electron chi connectivity index (χ2n) is 11.3. The van der Waals surface area contributed by atoms with E-state index < -0.39 is 11.9 Å².